The maximum atomic E-state index is 6.01. The fourth-order valence-electron chi connectivity index (χ4n) is 3.17. The standard InChI is InChI=1S/C15H22N4O/c1-20-13-9-8-12-14(18-13)19(15(16)17-12)10-4-7-11-5-2-3-6-11/h8-9,11H,2-7,10H2,1H3,(H2,16,17). The molecular weight excluding hydrogens is 252 g/mol. The van der Waals surface area contributed by atoms with Crippen molar-refractivity contribution in [1.29, 1.82) is 0 Å². The molecule has 5 nitrogen and oxygen atoms in total. The van der Waals surface area contributed by atoms with E-state index in [1.807, 2.05) is 16.7 Å². The van der Waals surface area contributed by atoms with Crippen LogP contribution in [0.25, 0.3) is 11.2 Å². The lowest BCUT2D eigenvalue weighted by Crippen LogP contribution is -2.06. The third kappa shape index (κ3) is 2.57. The summed E-state index contributed by atoms with van der Waals surface area (Å²) in [4.78, 5) is 8.82. The summed E-state index contributed by atoms with van der Waals surface area (Å²) in [5, 5.41) is 0. The molecule has 0 aliphatic heterocycles. The number of nitrogen functional groups attached to an aromatic ring is 1. The molecule has 1 aliphatic carbocycles. The van der Waals surface area contributed by atoms with Gasteiger partial charge in [0.05, 0.1) is 7.11 Å². The van der Waals surface area contributed by atoms with E-state index in [0.717, 1.165) is 30.0 Å². The van der Waals surface area contributed by atoms with Crippen molar-refractivity contribution in [3.05, 3.63) is 12.1 Å². The summed E-state index contributed by atoms with van der Waals surface area (Å²) in [6.45, 7) is 0.888. The minimum absolute atomic E-state index is 0.548. The van der Waals surface area contributed by atoms with Gasteiger partial charge in [-0.2, -0.15) is 4.98 Å². The number of aromatic nitrogens is 3. The summed E-state index contributed by atoms with van der Waals surface area (Å²) in [7, 11) is 1.62. The molecule has 0 aromatic carbocycles. The Morgan fingerprint density at radius 1 is 1.30 bits per heavy atom. The van der Waals surface area contributed by atoms with E-state index in [4.69, 9.17) is 10.5 Å². The number of pyridine rings is 1. The van der Waals surface area contributed by atoms with Gasteiger partial charge < -0.3 is 10.5 Å². The first-order valence-electron chi connectivity index (χ1n) is 7.44. The summed E-state index contributed by atoms with van der Waals surface area (Å²) >= 11 is 0. The van der Waals surface area contributed by atoms with Crippen molar-refractivity contribution in [3.63, 3.8) is 0 Å². The number of hydrogen-bond donors (Lipinski definition) is 1. The number of ether oxygens (including phenoxy) is 1. The zero-order valence-electron chi connectivity index (χ0n) is 12.0. The molecule has 2 aromatic heterocycles. The average Bonchev–Trinajstić information content (AvgIpc) is 3.07. The van der Waals surface area contributed by atoms with E-state index in [9.17, 15) is 0 Å². The smallest absolute Gasteiger partial charge is 0.215 e. The third-order valence-electron chi connectivity index (χ3n) is 4.27. The average molecular weight is 274 g/mol. The lowest BCUT2D eigenvalue weighted by molar-refractivity contribution is 0.398. The molecule has 0 bridgehead atoms. The van der Waals surface area contributed by atoms with Crippen molar-refractivity contribution >= 4 is 17.1 Å². The molecule has 2 aromatic rings. The monoisotopic (exact) mass is 274 g/mol. The van der Waals surface area contributed by atoms with Crippen LogP contribution in [-0.4, -0.2) is 21.6 Å². The predicted octanol–water partition coefficient (Wildman–Crippen LogP) is 2.99. The first kappa shape index (κ1) is 13.2. The number of methoxy groups -OCH3 is 1. The van der Waals surface area contributed by atoms with Crippen molar-refractivity contribution in [2.75, 3.05) is 12.8 Å². The van der Waals surface area contributed by atoms with Crippen LogP contribution in [0.2, 0.25) is 0 Å². The second-order valence-electron chi connectivity index (χ2n) is 5.61. The first-order valence-corrected chi connectivity index (χ1v) is 7.44. The van der Waals surface area contributed by atoms with Gasteiger partial charge in [-0.3, -0.25) is 4.57 Å². The van der Waals surface area contributed by atoms with Gasteiger partial charge in [-0.05, 0) is 24.8 Å². The molecule has 0 atom stereocenters. The highest BCUT2D eigenvalue weighted by atomic mass is 16.5. The lowest BCUT2D eigenvalue weighted by atomic mass is 10.0. The second-order valence-corrected chi connectivity index (χ2v) is 5.61. The molecule has 1 aliphatic rings. The van der Waals surface area contributed by atoms with Gasteiger partial charge in [0.25, 0.3) is 0 Å². The van der Waals surface area contributed by atoms with Gasteiger partial charge >= 0.3 is 0 Å². The Morgan fingerprint density at radius 2 is 2.10 bits per heavy atom. The Morgan fingerprint density at radius 3 is 2.85 bits per heavy atom. The minimum atomic E-state index is 0.548. The minimum Gasteiger partial charge on any atom is -0.481 e. The number of nitrogens with zero attached hydrogens (tertiary/aromatic N) is 3. The van der Waals surface area contributed by atoms with Gasteiger partial charge in [-0.1, -0.05) is 25.7 Å². The summed E-state index contributed by atoms with van der Waals surface area (Å²) in [5.74, 6) is 2.06. The summed E-state index contributed by atoms with van der Waals surface area (Å²) in [5.41, 5.74) is 7.67. The highest BCUT2D eigenvalue weighted by Crippen LogP contribution is 2.29. The Kier molecular flexibility index (Phi) is 3.76. The highest BCUT2D eigenvalue weighted by Gasteiger charge is 2.15. The van der Waals surface area contributed by atoms with E-state index in [2.05, 4.69) is 9.97 Å². The van der Waals surface area contributed by atoms with Crippen LogP contribution in [0.5, 0.6) is 5.88 Å². The van der Waals surface area contributed by atoms with Gasteiger partial charge in [0, 0.05) is 12.6 Å². The van der Waals surface area contributed by atoms with Crippen LogP contribution in [0.15, 0.2) is 12.1 Å². The molecule has 1 fully saturated rings. The van der Waals surface area contributed by atoms with E-state index >= 15 is 0 Å². The van der Waals surface area contributed by atoms with Gasteiger partial charge in [-0.15, -0.1) is 0 Å². The van der Waals surface area contributed by atoms with Crippen LogP contribution in [0.4, 0.5) is 5.95 Å². The largest absolute Gasteiger partial charge is 0.481 e. The number of rotatable bonds is 5. The Labute approximate surface area is 119 Å². The van der Waals surface area contributed by atoms with Crippen molar-refractivity contribution in [2.24, 2.45) is 5.92 Å². The Bertz CT molecular complexity index is 587. The van der Waals surface area contributed by atoms with Crippen LogP contribution in [0.1, 0.15) is 38.5 Å². The quantitative estimate of drug-likeness (QED) is 0.910. The third-order valence-corrected chi connectivity index (χ3v) is 4.27. The maximum Gasteiger partial charge on any atom is 0.215 e. The van der Waals surface area contributed by atoms with E-state index in [1.54, 1.807) is 7.11 Å². The fourth-order valence-corrected chi connectivity index (χ4v) is 3.17. The summed E-state index contributed by atoms with van der Waals surface area (Å²) in [6.07, 6.45) is 8.01. The van der Waals surface area contributed by atoms with E-state index in [0.29, 0.717) is 11.8 Å². The van der Waals surface area contributed by atoms with Crippen molar-refractivity contribution < 1.29 is 4.74 Å². The second kappa shape index (κ2) is 5.69. The summed E-state index contributed by atoms with van der Waals surface area (Å²) < 4.78 is 7.19. The molecule has 0 radical (unpaired) electrons. The van der Waals surface area contributed by atoms with E-state index in [-0.39, 0.29) is 0 Å². The summed E-state index contributed by atoms with van der Waals surface area (Å²) in [6, 6.07) is 3.72. The first-order chi connectivity index (χ1) is 9.78. The van der Waals surface area contributed by atoms with E-state index in [1.165, 1.54) is 32.1 Å². The molecule has 2 heterocycles. The Balaban J connectivity index is 1.73. The molecule has 2 N–H and O–H groups in total. The molecule has 0 saturated heterocycles. The normalized spacial score (nSPS) is 16.1. The van der Waals surface area contributed by atoms with E-state index < -0.39 is 0 Å². The zero-order valence-corrected chi connectivity index (χ0v) is 12.0. The van der Waals surface area contributed by atoms with Gasteiger partial charge in [0.1, 0.15) is 5.52 Å². The van der Waals surface area contributed by atoms with Crippen molar-refractivity contribution in [1.82, 2.24) is 14.5 Å². The number of imidazole rings is 1. The van der Waals surface area contributed by atoms with Crippen LogP contribution >= 0.6 is 0 Å². The van der Waals surface area contributed by atoms with Crippen LogP contribution in [-0.2, 0) is 6.54 Å². The van der Waals surface area contributed by atoms with Crippen molar-refractivity contribution in [2.45, 2.75) is 45.1 Å². The molecule has 0 unspecified atom stereocenters. The number of anilines is 1. The molecular formula is C15H22N4O. The van der Waals surface area contributed by atoms with Gasteiger partial charge in [0.15, 0.2) is 5.65 Å². The molecule has 0 amide bonds. The van der Waals surface area contributed by atoms with Crippen LogP contribution in [0, 0.1) is 5.92 Å². The number of aryl methyl sites for hydroxylation is 1. The predicted molar refractivity (Wildman–Crippen MR) is 79.7 cm³/mol. The molecule has 0 spiro atoms. The molecule has 3 rings (SSSR count). The maximum absolute atomic E-state index is 6.01. The van der Waals surface area contributed by atoms with Crippen LogP contribution in [0.3, 0.4) is 0 Å². The lowest BCUT2D eigenvalue weighted by Gasteiger charge is -2.10. The number of nitrogens with two attached hydrogens (primary N) is 1. The van der Waals surface area contributed by atoms with Crippen LogP contribution < -0.4 is 10.5 Å². The fraction of sp³-hybridized carbons (Fsp3) is 0.600. The van der Waals surface area contributed by atoms with Crippen molar-refractivity contribution in [3.8, 4) is 5.88 Å². The van der Waals surface area contributed by atoms with Gasteiger partial charge in [0.2, 0.25) is 11.8 Å². The number of fused-ring (bicyclic) bond motifs is 1. The highest BCUT2D eigenvalue weighted by molar-refractivity contribution is 5.74. The Hall–Kier alpha value is -1.78. The SMILES string of the molecule is COc1ccc2nc(N)n(CCCC3CCCC3)c2n1. The number of hydrogen-bond acceptors (Lipinski definition) is 4. The molecule has 20 heavy (non-hydrogen) atoms. The zero-order chi connectivity index (χ0) is 13.9. The topological polar surface area (TPSA) is 66.0 Å². The molecule has 5 heteroatoms. The van der Waals surface area contributed by atoms with Gasteiger partial charge in [-0.25, -0.2) is 4.98 Å². The molecule has 1 saturated carbocycles. The molecule has 108 valence electrons.